The summed E-state index contributed by atoms with van der Waals surface area (Å²) in [5.74, 6) is -0.657. The molecular weight excluding hydrogens is 256 g/mol. The minimum atomic E-state index is -0.384. The molecule has 1 aliphatic heterocycles. The van der Waals surface area contributed by atoms with Gasteiger partial charge < -0.3 is 9.47 Å². The van der Waals surface area contributed by atoms with E-state index in [1.807, 2.05) is 6.92 Å². The Morgan fingerprint density at radius 1 is 1.25 bits per heavy atom. The van der Waals surface area contributed by atoms with E-state index >= 15 is 0 Å². The molecule has 0 N–H and O–H groups in total. The monoisotopic (exact) mass is 282 g/mol. The van der Waals surface area contributed by atoms with Gasteiger partial charge in [-0.3, -0.25) is 9.59 Å². The fraction of sp³-hybridized carbons (Fsp3) is 0.875. The molecule has 4 atom stereocenters. The van der Waals surface area contributed by atoms with E-state index in [1.165, 1.54) is 0 Å². The number of epoxide rings is 1. The number of hydrogen-bond acceptors (Lipinski definition) is 4. The highest BCUT2D eigenvalue weighted by molar-refractivity contribution is 5.86. The average Bonchev–Trinajstić information content (AvgIpc) is 3.02. The molecular formula is C16H26O4. The largest absolute Gasteiger partial charge is 0.393 e. The third-order valence-electron chi connectivity index (χ3n) is 4.03. The highest BCUT2D eigenvalue weighted by atomic mass is 16.6. The van der Waals surface area contributed by atoms with Gasteiger partial charge in [-0.15, -0.1) is 0 Å². The summed E-state index contributed by atoms with van der Waals surface area (Å²) in [6.45, 7) is 8.47. The Morgan fingerprint density at radius 2 is 1.95 bits per heavy atom. The normalized spacial score (nSPS) is 30.3. The first kappa shape index (κ1) is 15.5. The van der Waals surface area contributed by atoms with Gasteiger partial charge >= 0.3 is 11.9 Å². The lowest BCUT2D eigenvalue weighted by Crippen LogP contribution is -2.27. The molecule has 20 heavy (non-hydrogen) atoms. The molecule has 2 aliphatic rings. The summed E-state index contributed by atoms with van der Waals surface area (Å²) in [4.78, 5) is 23.8. The SMILES string of the molecule is CC(CC(=O)OC(=O)C1CCC2OC2C1)CC(C)(C)C. The number of rotatable bonds is 4. The Morgan fingerprint density at radius 3 is 2.55 bits per heavy atom. The van der Waals surface area contributed by atoms with Crippen LogP contribution in [0.2, 0.25) is 0 Å². The van der Waals surface area contributed by atoms with Crippen molar-refractivity contribution in [1.29, 1.82) is 0 Å². The van der Waals surface area contributed by atoms with Gasteiger partial charge in [-0.25, -0.2) is 0 Å². The van der Waals surface area contributed by atoms with Crippen molar-refractivity contribution in [3.63, 3.8) is 0 Å². The number of ether oxygens (including phenoxy) is 2. The second-order valence-corrected chi connectivity index (χ2v) is 7.59. The zero-order chi connectivity index (χ0) is 14.9. The fourth-order valence-corrected chi connectivity index (χ4v) is 3.26. The second kappa shape index (κ2) is 5.84. The molecule has 0 spiro atoms. The topological polar surface area (TPSA) is 55.9 Å². The van der Waals surface area contributed by atoms with Crippen molar-refractivity contribution in [2.75, 3.05) is 0 Å². The highest BCUT2D eigenvalue weighted by Gasteiger charge is 2.46. The van der Waals surface area contributed by atoms with Crippen LogP contribution in [0.1, 0.15) is 59.8 Å². The minimum Gasteiger partial charge on any atom is -0.393 e. The maximum Gasteiger partial charge on any atom is 0.316 e. The Labute approximate surface area is 121 Å². The Bertz CT molecular complexity index is 382. The van der Waals surface area contributed by atoms with E-state index in [1.54, 1.807) is 0 Å². The van der Waals surface area contributed by atoms with Crippen LogP contribution in [-0.2, 0) is 19.1 Å². The minimum absolute atomic E-state index is 0.152. The van der Waals surface area contributed by atoms with E-state index in [9.17, 15) is 9.59 Å². The molecule has 4 heteroatoms. The van der Waals surface area contributed by atoms with E-state index in [0.717, 1.165) is 19.3 Å². The second-order valence-electron chi connectivity index (χ2n) is 7.59. The first-order valence-electron chi connectivity index (χ1n) is 7.64. The van der Waals surface area contributed by atoms with Crippen LogP contribution in [-0.4, -0.2) is 24.1 Å². The van der Waals surface area contributed by atoms with Gasteiger partial charge in [0.25, 0.3) is 0 Å². The van der Waals surface area contributed by atoms with Gasteiger partial charge in [0.15, 0.2) is 0 Å². The molecule has 4 unspecified atom stereocenters. The van der Waals surface area contributed by atoms with Gasteiger partial charge in [-0.2, -0.15) is 0 Å². The molecule has 1 heterocycles. The van der Waals surface area contributed by atoms with Crippen LogP contribution in [0.5, 0.6) is 0 Å². The number of hydrogen-bond donors (Lipinski definition) is 0. The molecule has 0 amide bonds. The molecule has 1 aliphatic carbocycles. The molecule has 0 aromatic heterocycles. The molecule has 4 nitrogen and oxygen atoms in total. The summed E-state index contributed by atoms with van der Waals surface area (Å²) >= 11 is 0. The zero-order valence-electron chi connectivity index (χ0n) is 13.0. The molecule has 0 aromatic carbocycles. The van der Waals surface area contributed by atoms with E-state index in [0.29, 0.717) is 18.9 Å². The van der Waals surface area contributed by atoms with Crippen molar-refractivity contribution in [2.45, 2.75) is 72.0 Å². The highest BCUT2D eigenvalue weighted by Crippen LogP contribution is 2.39. The maximum absolute atomic E-state index is 11.9. The summed E-state index contributed by atoms with van der Waals surface area (Å²) in [6.07, 6.45) is 4.27. The lowest BCUT2D eigenvalue weighted by atomic mass is 9.84. The van der Waals surface area contributed by atoms with E-state index < -0.39 is 0 Å². The van der Waals surface area contributed by atoms with E-state index in [2.05, 4.69) is 20.8 Å². The average molecular weight is 282 g/mol. The van der Waals surface area contributed by atoms with Gasteiger partial charge in [0, 0.05) is 6.42 Å². The molecule has 0 aromatic rings. The number of carbonyl (C=O) groups excluding carboxylic acids is 2. The Balaban J connectivity index is 1.72. The third-order valence-corrected chi connectivity index (χ3v) is 4.03. The zero-order valence-corrected chi connectivity index (χ0v) is 13.0. The summed E-state index contributed by atoms with van der Waals surface area (Å²) in [5.41, 5.74) is 0.186. The molecule has 2 rings (SSSR count). The van der Waals surface area contributed by atoms with Crippen molar-refractivity contribution >= 4 is 11.9 Å². The first-order chi connectivity index (χ1) is 9.24. The summed E-state index contributed by atoms with van der Waals surface area (Å²) in [5, 5.41) is 0. The first-order valence-corrected chi connectivity index (χ1v) is 7.64. The van der Waals surface area contributed by atoms with Crippen LogP contribution in [0.25, 0.3) is 0 Å². The summed E-state index contributed by atoms with van der Waals surface area (Å²) < 4.78 is 10.4. The standard InChI is InChI=1S/C16H26O4/c1-10(9-16(2,3)4)7-14(17)20-15(18)11-5-6-12-13(8-11)19-12/h10-13H,5-9H2,1-4H3. The molecule has 2 fully saturated rings. The molecule has 0 radical (unpaired) electrons. The van der Waals surface area contributed by atoms with Crippen LogP contribution in [0.15, 0.2) is 0 Å². The smallest absolute Gasteiger partial charge is 0.316 e. The van der Waals surface area contributed by atoms with Crippen molar-refractivity contribution in [3.05, 3.63) is 0 Å². The fourth-order valence-electron chi connectivity index (χ4n) is 3.26. The molecule has 114 valence electrons. The van der Waals surface area contributed by atoms with Crippen molar-refractivity contribution in [3.8, 4) is 0 Å². The van der Waals surface area contributed by atoms with Gasteiger partial charge in [-0.1, -0.05) is 27.7 Å². The van der Waals surface area contributed by atoms with Crippen LogP contribution >= 0.6 is 0 Å². The maximum atomic E-state index is 11.9. The van der Waals surface area contributed by atoms with Crippen molar-refractivity contribution in [2.24, 2.45) is 17.3 Å². The van der Waals surface area contributed by atoms with Crippen LogP contribution in [0, 0.1) is 17.3 Å². The predicted molar refractivity (Wildman–Crippen MR) is 75.0 cm³/mol. The molecule has 0 bridgehead atoms. The van der Waals surface area contributed by atoms with Crippen molar-refractivity contribution in [1.82, 2.24) is 0 Å². The lowest BCUT2D eigenvalue weighted by molar-refractivity contribution is -0.163. The quantitative estimate of drug-likeness (QED) is 0.452. The van der Waals surface area contributed by atoms with Crippen LogP contribution < -0.4 is 0 Å². The predicted octanol–water partition coefficient (Wildman–Crippen LogP) is 3.09. The van der Waals surface area contributed by atoms with Gasteiger partial charge in [-0.05, 0) is 37.0 Å². The van der Waals surface area contributed by atoms with Crippen LogP contribution in [0.4, 0.5) is 0 Å². The van der Waals surface area contributed by atoms with Gasteiger partial charge in [0.1, 0.15) is 0 Å². The van der Waals surface area contributed by atoms with E-state index in [4.69, 9.17) is 9.47 Å². The number of esters is 2. The van der Waals surface area contributed by atoms with Crippen LogP contribution in [0.3, 0.4) is 0 Å². The summed E-state index contributed by atoms with van der Waals surface area (Å²) in [7, 11) is 0. The van der Waals surface area contributed by atoms with Crippen molar-refractivity contribution < 1.29 is 19.1 Å². The number of fused-ring (bicyclic) bond motifs is 1. The van der Waals surface area contributed by atoms with E-state index in [-0.39, 0.29) is 35.3 Å². The lowest BCUT2D eigenvalue weighted by Gasteiger charge is -2.22. The molecule has 1 saturated heterocycles. The van der Waals surface area contributed by atoms with Gasteiger partial charge in [0.2, 0.25) is 0 Å². The van der Waals surface area contributed by atoms with Gasteiger partial charge in [0.05, 0.1) is 18.1 Å². The number of carbonyl (C=O) groups is 2. The third kappa shape index (κ3) is 4.58. The summed E-state index contributed by atoms with van der Waals surface area (Å²) in [6, 6.07) is 0. The Hall–Kier alpha value is -0.900. The Kier molecular flexibility index (Phi) is 4.52. The molecule has 1 saturated carbocycles.